The topological polar surface area (TPSA) is 88.4 Å². The zero-order valence-corrected chi connectivity index (χ0v) is 22.5. The number of nitrogens with zero attached hydrogens (tertiary/aromatic N) is 2. The molecule has 0 fully saturated rings. The Kier molecular flexibility index (Phi) is 7.83. The van der Waals surface area contributed by atoms with Crippen LogP contribution in [0.4, 0.5) is 0 Å². The van der Waals surface area contributed by atoms with E-state index in [1.807, 2.05) is 37.3 Å². The molecule has 0 amide bonds. The standard InChI is InChI=1S/C28H30N2O6S/c1-7-35-21-13-8-18(14-22(21)34-6)15-23-26(31)30-25(19-9-11-20(33-5)12-10-19)24(27(32)36-16(2)3)17(4)29-28(30)37-23/h8-16,25H,7H2,1-6H3. The van der Waals surface area contributed by atoms with Gasteiger partial charge in [-0.25, -0.2) is 9.79 Å². The molecule has 0 aliphatic carbocycles. The van der Waals surface area contributed by atoms with Crippen molar-refractivity contribution in [3.63, 3.8) is 0 Å². The molecule has 0 spiro atoms. The number of methoxy groups -OCH3 is 2. The maximum absolute atomic E-state index is 13.8. The summed E-state index contributed by atoms with van der Waals surface area (Å²) in [5.41, 5.74) is 2.13. The SMILES string of the molecule is CCOc1ccc(C=c2sc3n(c2=O)C(c2ccc(OC)cc2)C(C(=O)OC(C)C)=C(C)N=3)cc1OC. The minimum atomic E-state index is -0.689. The number of benzene rings is 2. The molecule has 37 heavy (non-hydrogen) atoms. The second-order valence-electron chi connectivity index (χ2n) is 8.65. The van der Waals surface area contributed by atoms with E-state index in [-0.39, 0.29) is 11.7 Å². The van der Waals surface area contributed by atoms with Crippen LogP contribution < -0.4 is 29.1 Å². The highest BCUT2D eigenvalue weighted by Crippen LogP contribution is 2.32. The lowest BCUT2D eigenvalue weighted by Gasteiger charge is -2.25. The van der Waals surface area contributed by atoms with Gasteiger partial charge >= 0.3 is 5.97 Å². The summed E-state index contributed by atoms with van der Waals surface area (Å²) < 4.78 is 23.9. The summed E-state index contributed by atoms with van der Waals surface area (Å²) in [6.07, 6.45) is 1.47. The zero-order chi connectivity index (χ0) is 26.7. The summed E-state index contributed by atoms with van der Waals surface area (Å²) >= 11 is 1.27. The Morgan fingerprint density at radius 3 is 2.46 bits per heavy atom. The summed E-state index contributed by atoms with van der Waals surface area (Å²) in [4.78, 5) is 32.1. The number of aromatic nitrogens is 1. The molecular formula is C28H30N2O6S. The minimum Gasteiger partial charge on any atom is -0.497 e. The van der Waals surface area contributed by atoms with Crippen molar-refractivity contribution < 1.29 is 23.7 Å². The predicted molar refractivity (Wildman–Crippen MR) is 142 cm³/mol. The molecule has 3 aromatic rings. The minimum absolute atomic E-state index is 0.250. The van der Waals surface area contributed by atoms with Crippen LogP contribution in [0.3, 0.4) is 0 Å². The highest BCUT2D eigenvalue weighted by molar-refractivity contribution is 7.07. The van der Waals surface area contributed by atoms with Crippen LogP contribution in [-0.4, -0.2) is 37.5 Å². The third-order valence-corrected chi connectivity index (χ3v) is 6.78. The van der Waals surface area contributed by atoms with Crippen LogP contribution in [0.5, 0.6) is 17.2 Å². The first-order valence-corrected chi connectivity index (χ1v) is 12.8. The number of ether oxygens (including phenoxy) is 4. The van der Waals surface area contributed by atoms with Crippen molar-refractivity contribution in [3.8, 4) is 17.2 Å². The molecule has 1 aliphatic rings. The summed E-state index contributed by atoms with van der Waals surface area (Å²) in [6, 6.07) is 12.1. The number of hydrogen-bond acceptors (Lipinski definition) is 8. The monoisotopic (exact) mass is 522 g/mol. The molecule has 1 atom stereocenters. The van der Waals surface area contributed by atoms with Crippen LogP contribution in [0.25, 0.3) is 6.08 Å². The molecule has 0 saturated carbocycles. The average molecular weight is 523 g/mol. The second-order valence-corrected chi connectivity index (χ2v) is 9.66. The van der Waals surface area contributed by atoms with Gasteiger partial charge < -0.3 is 18.9 Å². The van der Waals surface area contributed by atoms with Gasteiger partial charge in [-0.2, -0.15) is 0 Å². The molecule has 1 aliphatic heterocycles. The fraction of sp³-hybridized carbons (Fsp3) is 0.321. The van der Waals surface area contributed by atoms with Gasteiger partial charge in [-0.15, -0.1) is 0 Å². The molecule has 0 saturated heterocycles. The molecule has 4 rings (SSSR count). The van der Waals surface area contributed by atoms with E-state index in [2.05, 4.69) is 4.99 Å². The normalized spacial score (nSPS) is 15.3. The first kappa shape index (κ1) is 26.2. The number of carbonyl (C=O) groups is 1. The van der Waals surface area contributed by atoms with Gasteiger partial charge in [-0.3, -0.25) is 9.36 Å². The first-order chi connectivity index (χ1) is 17.8. The molecule has 0 N–H and O–H groups in total. The van der Waals surface area contributed by atoms with Gasteiger partial charge in [0.1, 0.15) is 5.75 Å². The third kappa shape index (κ3) is 5.32. The van der Waals surface area contributed by atoms with Crippen molar-refractivity contribution in [3.05, 3.63) is 84.5 Å². The van der Waals surface area contributed by atoms with E-state index in [9.17, 15) is 9.59 Å². The second kappa shape index (κ2) is 11.0. The molecule has 0 radical (unpaired) electrons. The van der Waals surface area contributed by atoms with Crippen molar-refractivity contribution in [2.75, 3.05) is 20.8 Å². The molecule has 194 valence electrons. The van der Waals surface area contributed by atoms with E-state index < -0.39 is 12.0 Å². The fourth-order valence-corrected chi connectivity index (χ4v) is 5.21. The molecular weight excluding hydrogens is 492 g/mol. The van der Waals surface area contributed by atoms with Crippen LogP contribution in [0.1, 0.15) is 44.9 Å². The van der Waals surface area contributed by atoms with Crippen LogP contribution in [0.15, 0.2) is 63.5 Å². The first-order valence-electron chi connectivity index (χ1n) is 12.0. The summed E-state index contributed by atoms with van der Waals surface area (Å²) in [5.74, 6) is 1.39. The number of carbonyl (C=O) groups excluding carboxylic acids is 1. The lowest BCUT2D eigenvalue weighted by atomic mass is 9.96. The van der Waals surface area contributed by atoms with Crippen molar-refractivity contribution in [1.82, 2.24) is 4.57 Å². The largest absolute Gasteiger partial charge is 0.497 e. The van der Waals surface area contributed by atoms with Gasteiger partial charge in [-0.05, 0) is 69.2 Å². The third-order valence-electron chi connectivity index (χ3n) is 5.80. The highest BCUT2D eigenvalue weighted by Gasteiger charge is 2.33. The van der Waals surface area contributed by atoms with Crippen molar-refractivity contribution in [2.45, 2.75) is 39.8 Å². The maximum Gasteiger partial charge on any atom is 0.338 e. The average Bonchev–Trinajstić information content (AvgIpc) is 3.17. The smallest absolute Gasteiger partial charge is 0.338 e. The lowest BCUT2D eigenvalue weighted by Crippen LogP contribution is -2.40. The quantitative estimate of drug-likeness (QED) is 0.420. The summed E-state index contributed by atoms with van der Waals surface area (Å²) in [5, 5.41) is 0. The lowest BCUT2D eigenvalue weighted by molar-refractivity contribution is -0.143. The molecule has 1 unspecified atom stereocenters. The number of esters is 1. The molecule has 8 nitrogen and oxygen atoms in total. The fourth-order valence-electron chi connectivity index (χ4n) is 4.16. The Morgan fingerprint density at radius 1 is 1.11 bits per heavy atom. The number of allylic oxidation sites excluding steroid dienone is 1. The Balaban J connectivity index is 1.89. The van der Waals surface area contributed by atoms with Gasteiger partial charge in [0, 0.05) is 0 Å². The Morgan fingerprint density at radius 2 is 1.84 bits per heavy atom. The molecule has 2 heterocycles. The summed E-state index contributed by atoms with van der Waals surface area (Å²) in [7, 11) is 3.16. The number of rotatable bonds is 8. The number of thiazole rings is 1. The predicted octanol–water partition coefficient (Wildman–Crippen LogP) is 3.60. The molecule has 1 aromatic heterocycles. The van der Waals surface area contributed by atoms with E-state index in [1.54, 1.807) is 57.8 Å². The van der Waals surface area contributed by atoms with Crippen LogP contribution in [-0.2, 0) is 9.53 Å². The maximum atomic E-state index is 13.8. The Labute approximate surface area is 219 Å². The van der Waals surface area contributed by atoms with Gasteiger partial charge in [0.15, 0.2) is 16.3 Å². The molecule has 2 aromatic carbocycles. The van der Waals surface area contributed by atoms with Crippen molar-refractivity contribution in [1.29, 1.82) is 0 Å². The van der Waals surface area contributed by atoms with E-state index >= 15 is 0 Å². The van der Waals surface area contributed by atoms with Gasteiger partial charge in [-0.1, -0.05) is 29.5 Å². The van der Waals surface area contributed by atoms with Crippen molar-refractivity contribution in [2.24, 2.45) is 4.99 Å². The van der Waals surface area contributed by atoms with E-state index in [1.165, 1.54) is 11.3 Å². The molecule has 9 heteroatoms. The highest BCUT2D eigenvalue weighted by atomic mass is 32.1. The van der Waals surface area contributed by atoms with Crippen LogP contribution >= 0.6 is 11.3 Å². The van der Waals surface area contributed by atoms with Crippen molar-refractivity contribution >= 4 is 23.4 Å². The zero-order valence-electron chi connectivity index (χ0n) is 21.7. The van der Waals surface area contributed by atoms with Gasteiger partial charge in [0.05, 0.1) is 48.8 Å². The number of fused-ring (bicyclic) bond motifs is 1. The Bertz CT molecular complexity index is 1520. The number of hydrogen-bond donors (Lipinski definition) is 0. The summed E-state index contributed by atoms with van der Waals surface area (Å²) in [6.45, 7) is 7.76. The van der Waals surface area contributed by atoms with Crippen LogP contribution in [0.2, 0.25) is 0 Å². The van der Waals surface area contributed by atoms with E-state index in [0.29, 0.717) is 44.5 Å². The van der Waals surface area contributed by atoms with E-state index in [0.717, 1.165) is 11.1 Å². The van der Waals surface area contributed by atoms with Gasteiger partial charge in [0.25, 0.3) is 5.56 Å². The van der Waals surface area contributed by atoms with Crippen LogP contribution in [0, 0.1) is 0 Å². The molecule has 0 bridgehead atoms. The van der Waals surface area contributed by atoms with E-state index in [4.69, 9.17) is 18.9 Å². The Hall–Kier alpha value is -3.85. The van der Waals surface area contributed by atoms with Gasteiger partial charge in [0.2, 0.25) is 0 Å².